The molecule has 0 unspecified atom stereocenters. The van der Waals surface area contributed by atoms with Crippen molar-refractivity contribution >= 4 is 27.5 Å². The maximum absolute atomic E-state index is 12.7. The highest BCUT2D eigenvalue weighted by Crippen LogP contribution is 2.34. The summed E-state index contributed by atoms with van der Waals surface area (Å²) in [5, 5.41) is 3.11. The van der Waals surface area contributed by atoms with Crippen molar-refractivity contribution in [1.82, 2.24) is 10.3 Å². The molecule has 0 radical (unpaired) electrons. The van der Waals surface area contributed by atoms with Crippen LogP contribution in [0.3, 0.4) is 0 Å². The van der Waals surface area contributed by atoms with E-state index in [2.05, 4.69) is 17.2 Å². The van der Waals surface area contributed by atoms with Gasteiger partial charge in [0, 0.05) is 10.6 Å². The van der Waals surface area contributed by atoms with Crippen LogP contribution in [0.1, 0.15) is 45.0 Å². The molecule has 3 aromatic rings. The quantitative estimate of drug-likeness (QED) is 0.726. The molecule has 0 aliphatic carbocycles. The summed E-state index contributed by atoms with van der Waals surface area (Å²) in [6, 6.07) is 10.0. The van der Waals surface area contributed by atoms with Crippen molar-refractivity contribution in [3.8, 4) is 0 Å². The molecule has 0 aliphatic rings. The number of carbonyl (C=O) groups is 1. The van der Waals surface area contributed by atoms with Gasteiger partial charge in [-0.2, -0.15) is 0 Å². The van der Waals surface area contributed by atoms with Gasteiger partial charge < -0.3 is 10.3 Å². The van der Waals surface area contributed by atoms with Crippen LogP contribution in [0.5, 0.6) is 0 Å². The molecule has 0 aliphatic heterocycles. The van der Waals surface area contributed by atoms with E-state index in [1.54, 1.807) is 11.3 Å². The van der Waals surface area contributed by atoms with Crippen molar-refractivity contribution in [3.05, 3.63) is 57.6 Å². The minimum absolute atomic E-state index is 0.0126. The fraction of sp³-hybridized carbons (Fsp3) is 0.278. The van der Waals surface area contributed by atoms with Crippen LogP contribution < -0.4 is 5.32 Å². The highest BCUT2D eigenvalue weighted by molar-refractivity contribution is 7.19. The lowest BCUT2D eigenvalue weighted by Crippen LogP contribution is -2.27. The molecule has 0 spiro atoms. The van der Waals surface area contributed by atoms with E-state index < -0.39 is 0 Å². The summed E-state index contributed by atoms with van der Waals surface area (Å²) in [6.07, 6.45) is 0. The fourth-order valence-electron chi connectivity index (χ4n) is 2.75. The first kappa shape index (κ1) is 14.9. The highest BCUT2D eigenvalue weighted by Gasteiger charge is 2.21. The van der Waals surface area contributed by atoms with Crippen molar-refractivity contribution < 1.29 is 4.79 Å². The zero-order valence-corrected chi connectivity index (χ0v) is 14.1. The van der Waals surface area contributed by atoms with Gasteiger partial charge in [-0.15, -0.1) is 11.3 Å². The van der Waals surface area contributed by atoms with E-state index >= 15 is 0 Å². The number of aromatic nitrogens is 1. The summed E-state index contributed by atoms with van der Waals surface area (Å²) in [7, 11) is 0. The first-order valence-electron chi connectivity index (χ1n) is 7.43. The number of hydrogen-bond acceptors (Lipinski definition) is 2. The van der Waals surface area contributed by atoms with Crippen LogP contribution in [0.4, 0.5) is 0 Å². The van der Waals surface area contributed by atoms with Crippen molar-refractivity contribution in [2.24, 2.45) is 0 Å². The topological polar surface area (TPSA) is 44.9 Å². The second-order valence-corrected chi connectivity index (χ2v) is 6.94. The average Bonchev–Trinajstić information content (AvgIpc) is 2.96. The summed E-state index contributed by atoms with van der Waals surface area (Å²) in [5.74, 6) is -0.0126. The number of aryl methyl sites for hydroxylation is 3. The Morgan fingerprint density at radius 3 is 2.55 bits per heavy atom. The summed E-state index contributed by atoms with van der Waals surface area (Å²) >= 11 is 1.69. The molecule has 22 heavy (non-hydrogen) atoms. The third kappa shape index (κ3) is 2.44. The van der Waals surface area contributed by atoms with E-state index in [0.717, 1.165) is 27.2 Å². The van der Waals surface area contributed by atoms with Gasteiger partial charge >= 0.3 is 0 Å². The SMILES string of the molecule is Cc1[nH]c2c(C(=O)N[C@H](C)c3ccccc3)c(C)sc2c1C. The van der Waals surface area contributed by atoms with E-state index in [9.17, 15) is 4.79 Å². The molecule has 0 fully saturated rings. The van der Waals surface area contributed by atoms with Crippen LogP contribution in [0.2, 0.25) is 0 Å². The number of nitrogens with one attached hydrogen (secondary N) is 2. The number of aromatic amines is 1. The molecule has 2 aromatic heterocycles. The van der Waals surface area contributed by atoms with Crippen LogP contribution >= 0.6 is 11.3 Å². The van der Waals surface area contributed by atoms with Gasteiger partial charge in [0.1, 0.15) is 0 Å². The van der Waals surface area contributed by atoms with Gasteiger partial charge in [-0.1, -0.05) is 30.3 Å². The van der Waals surface area contributed by atoms with E-state index in [-0.39, 0.29) is 11.9 Å². The first-order valence-corrected chi connectivity index (χ1v) is 8.24. The van der Waals surface area contributed by atoms with Gasteiger partial charge in [0.05, 0.1) is 21.8 Å². The fourth-order valence-corrected chi connectivity index (χ4v) is 3.91. The smallest absolute Gasteiger partial charge is 0.255 e. The Labute approximate surface area is 134 Å². The molecule has 1 amide bonds. The lowest BCUT2D eigenvalue weighted by Gasteiger charge is -2.14. The Kier molecular flexibility index (Phi) is 3.79. The Hall–Kier alpha value is -2.07. The Morgan fingerprint density at radius 1 is 1.18 bits per heavy atom. The van der Waals surface area contributed by atoms with Crippen LogP contribution in [0.15, 0.2) is 30.3 Å². The van der Waals surface area contributed by atoms with E-state index in [1.807, 2.05) is 51.1 Å². The molecule has 1 atom stereocenters. The van der Waals surface area contributed by atoms with E-state index in [4.69, 9.17) is 0 Å². The van der Waals surface area contributed by atoms with Crippen molar-refractivity contribution in [3.63, 3.8) is 0 Å². The van der Waals surface area contributed by atoms with Gasteiger partial charge in [0.25, 0.3) is 5.91 Å². The molecule has 114 valence electrons. The lowest BCUT2D eigenvalue weighted by atomic mass is 10.1. The normalized spacial score (nSPS) is 12.5. The molecule has 3 rings (SSSR count). The van der Waals surface area contributed by atoms with Crippen LogP contribution in [0.25, 0.3) is 10.2 Å². The molecule has 4 heteroatoms. The minimum atomic E-state index is -0.0137. The Balaban J connectivity index is 1.92. The number of carbonyl (C=O) groups excluding carboxylic acids is 1. The van der Waals surface area contributed by atoms with Gasteiger partial charge in [0.2, 0.25) is 0 Å². The summed E-state index contributed by atoms with van der Waals surface area (Å²) in [5.41, 5.74) is 5.22. The number of hydrogen-bond donors (Lipinski definition) is 2. The lowest BCUT2D eigenvalue weighted by molar-refractivity contribution is 0.0941. The molecular formula is C18H20N2OS. The molecule has 0 saturated heterocycles. The number of H-pyrrole nitrogens is 1. The standard InChI is InChI=1S/C18H20N2OS/c1-10-11(2)19-16-15(13(4)22-17(10)16)18(21)20-12(3)14-8-6-5-7-9-14/h5-9,12,19H,1-4H3,(H,20,21)/t12-/m1/s1. The number of amides is 1. The van der Waals surface area contributed by atoms with E-state index in [0.29, 0.717) is 0 Å². The largest absolute Gasteiger partial charge is 0.357 e. The van der Waals surface area contributed by atoms with Crippen LogP contribution in [-0.4, -0.2) is 10.9 Å². The number of rotatable bonds is 3. The van der Waals surface area contributed by atoms with Crippen molar-refractivity contribution in [2.75, 3.05) is 0 Å². The maximum atomic E-state index is 12.7. The predicted octanol–water partition coefficient (Wildman–Crippen LogP) is 4.65. The van der Waals surface area contributed by atoms with Crippen LogP contribution in [0, 0.1) is 20.8 Å². The number of benzene rings is 1. The van der Waals surface area contributed by atoms with Gasteiger partial charge in [-0.3, -0.25) is 4.79 Å². The van der Waals surface area contributed by atoms with Crippen molar-refractivity contribution in [2.45, 2.75) is 33.7 Å². The molecule has 3 nitrogen and oxygen atoms in total. The molecule has 0 bridgehead atoms. The molecule has 0 saturated carbocycles. The highest BCUT2D eigenvalue weighted by atomic mass is 32.1. The Bertz CT molecular complexity index is 830. The third-order valence-corrected chi connectivity index (χ3v) is 5.40. The summed E-state index contributed by atoms with van der Waals surface area (Å²) in [4.78, 5) is 17.1. The van der Waals surface area contributed by atoms with Crippen molar-refractivity contribution in [1.29, 1.82) is 0 Å². The number of thiophene rings is 1. The number of fused-ring (bicyclic) bond motifs is 1. The molecule has 1 aromatic carbocycles. The monoisotopic (exact) mass is 312 g/mol. The average molecular weight is 312 g/mol. The molecule has 2 heterocycles. The van der Waals surface area contributed by atoms with Gasteiger partial charge in [-0.05, 0) is 38.8 Å². The van der Waals surface area contributed by atoms with Gasteiger partial charge in [0.15, 0.2) is 0 Å². The summed E-state index contributed by atoms with van der Waals surface area (Å²) < 4.78 is 1.19. The molecule has 2 N–H and O–H groups in total. The maximum Gasteiger partial charge on any atom is 0.255 e. The second kappa shape index (κ2) is 5.61. The summed E-state index contributed by atoms with van der Waals surface area (Å²) in [6.45, 7) is 8.16. The zero-order chi connectivity index (χ0) is 15.9. The van der Waals surface area contributed by atoms with Gasteiger partial charge in [-0.25, -0.2) is 0 Å². The Morgan fingerprint density at radius 2 is 1.86 bits per heavy atom. The molecular weight excluding hydrogens is 292 g/mol. The second-order valence-electron chi connectivity index (χ2n) is 5.72. The first-order chi connectivity index (χ1) is 10.5. The third-order valence-electron chi connectivity index (χ3n) is 4.17. The van der Waals surface area contributed by atoms with Crippen LogP contribution in [-0.2, 0) is 0 Å². The minimum Gasteiger partial charge on any atom is -0.357 e. The van der Waals surface area contributed by atoms with E-state index in [1.165, 1.54) is 10.3 Å². The zero-order valence-electron chi connectivity index (χ0n) is 13.3. The predicted molar refractivity (Wildman–Crippen MR) is 92.7 cm³/mol.